The van der Waals surface area contributed by atoms with Crippen LogP contribution in [0, 0.1) is 23.3 Å². The topological polar surface area (TPSA) is 92.6 Å². The second-order valence-corrected chi connectivity index (χ2v) is 8.40. The maximum atomic E-state index is 7.70. The molecule has 4 N–H and O–H groups in total. The van der Waals surface area contributed by atoms with E-state index in [1.807, 2.05) is 24.3 Å². The van der Waals surface area contributed by atoms with Crippen molar-refractivity contribution in [3.63, 3.8) is 0 Å². The normalized spacial score (nSPS) is 17.1. The zero-order chi connectivity index (χ0) is 21.3. The smallest absolute Gasteiger partial charge is 0.0923 e. The van der Waals surface area contributed by atoms with Crippen LogP contribution in [0.5, 0.6) is 0 Å². The van der Waals surface area contributed by atoms with Gasteiger partial charge in [-0.05, 0) is 60.4 Å². The van der Waals surface area contributed by atoms with Gasteiger partial charge in [-0.2, -0.15) is 5.11 Å². The molecule has 2 heterocycles. The van der Waals surface area contributed by atoms with E-state index in [2.05, 4.69) is 33.0 Å². The van der Waals surface area contributed by atoms with E-state index >= 15 is 0 Å². The number of nitrogens with two attached hydrogens (primary N) is 1. The van der Waals surface area contributed by atoms with Gasteiger partial charge in [0.2, 0.25) is 0 Å². The Labute approximate surface area is 182 Å². The molecular weight excluding hydrogens is 396 g/mol. The number of piperidine rings is 1. The van der Waals surface area contributed by atoms with E-state index in [9.17, 15) is 0 Å². The van der Waals surface area contributed by atoms with Gasteiger partial charge in [0, 0.05) is 47.9 Å². The monoisotopic (exact) mass is 420 g/mol. The predicted molar refractivity (Wildman–Crippen MR) is 122 cm³/mol. The summed E-state index contributed by atoms with van der Waals surface area (Å²) in [5, 5.41) is 12.1. The Bertz CT molecular complexity index is 1030. The fourth-order valence-corrected chi connectivity index (χ4v) is 5.02. The molecule has 0 unspecified atom stereocenters. The second kappa shape index (κ2) is 8.10. The summed E-state index contributed by atoms with van der Waals surface area (Å²) < 4.78 is 0. The van der Waals surface area contributed by atoms with Gasteiger partial charge in [0.15, 0.2) is 0 Å². The number of hydrogen-bond donors (Lipinski definition) is 3. The highest BCUT2D eigenvalue weighted by molar-refractivity contribution is 6.30. The van der Waals surface area contributed by atoms with E-state index < -0.39 is 0 Å². The van der Waals surface area contributed by atoms with Crippen LogP contribution in [0.1, 0.15) is 30.4 Å². The lowest BCUT2D eigenvalue weighted by molar-refractivity contribution is 0.197. The number of likely N-dealkylation sites (tertiary alicyclic amines) is 1. The van der Waals surface area contributed by atoms with Crippen LogP contribution in [0.15, 0.2) is 41.5 Å². The molecule has 6 nitrogen and oxygen atoms in total. The molecule has 154 valence electrons. The number of halogens is 1. The van der Waals surface area contributed by atoms with Crippen molar-refractivity contribution in [2.24, 2.45) is 10.8 Å². The first-order valence-electron chi connectivity index (χ1n) is 10.1. The second-order valence-electron chi connectivity index (χ2n) is 7.96. The molecule has 0 bridgehead atoms. The highest BCUT2D eigenvalue weighted by Crippen LogP contribution is 2.55. The molecule has 0 aliphatic carbocycles. The van der Waals surface area contributed by atoms with Crippen molar-refractivity contribution in [3.8, 4) is 12.3 Å². The minimum absolute atomic E-state index is 0.160. The standard InChI is InChI=1S/C23H25ClN6/c1-2-10-29-12-8-23(9-13-29)18-14-16(24)3-5-20(18)30(11-7-22(25)26)21-6-4-17(28-27)15-19(21)23/h1,3-6,14-15,27H,7-13H2,(H3,25,26). The Hall–Kier alpha value is -2.88. The van der Waals surface area contributed by atoms with Gasteiger partial charge in [-0.1, -0.05) is 17.5 Å². The fourth-order valence-electron chi connectivity index (χ4n) is 4.85. The van der Waals surface area contributed by atoms with Gasteiger partial charge >= 0.3 is 0 Å². The largest absolute Gasteiger partial charge is 0.388 e. The lowest BCUT2D eigenvalue weighted by Crippen LogP contribution is -2.46. The van der Waals surface area contributed by atoms with Gasteiger partial charge in [0.1, 0.15) is 0 Å². The lowest BCUT2D eigenvalue weighted by atomic mass is 9.65. The van der Waals surface area contributed by atoms with E-state index in [-0.39, 0.29) is 11.3 Å². The van der Waals surface area contributed by atoms with Gasteiger partial charge in [0.05, 0.1) is 18.1 Å². The molecule has 7 heteroatoms. The van der Waals surface area contributed by atoms with E-state index in [1.54, 1.807) is 0 Å². The molecule has 0 atom stereocenters. The Balaban J connectivity index is 1.88. The Morgan fingerprint density at radius 2 is 1.83 bits per heavy atom. The zero-order valence-electron chi connectivity index (χ0n) is 16.8. The summed E-state index contributed by atoms with van der Waals surface area (Å²) in [7, 11) is 0. The van der Waals surface area contributed by atoms with Gasteiger partial charge in [-0.25, -0.2) is 5.53 Å². The molecule has 2 aliphatic rings. The van der Waals surface area contributed by atoms with E-state index in [0.717, 1.165) is 42.9 Å². The molecule has 2 aromatic rings. The summed E-state index contributed by atoms with van der Waals surface area (Å²) >= 11 is 6.46. The summed E-state index contributed by atoms with van der Waals surface area (Å²) in [4.78, 5) is 4.52. The highest BCUT2D eigenvalue weighted by Gasteiger charge is 2.45. The highest BCUT2D eigenvalue weighted by atomic mass is 35.5. The van der Waals surface area contributed by atoms with Crippen molar-refractivity contribution in [1.29, 1.82) is 10.9 Å². The number of rotatable bonds is 5. The average Bonchev–Trinajstić information content (AvgIpc) is 2.75. The predicted octanol–water partition coefficient (Wildman–Crippen LogP) is 4.80. The van der Waals surface area contributed by atoms with E-state index in [4.69, 9.17) is 34.7 Å². The van der Waals surface area contributed by atoms with Crippen LogP contribution >= 0.6 is 11.6 Å². The first-order valence-corrected chi connectivity index (χ1v) is 10.4. The van der Waals surface area contributed by atoms with Gasteiger partial charge < -0.3 is 10.6 Å². The third-order valence-electron chi connectivity index (χ3n) is 6.31. The maximum absolute atomic E-state index is 7.70. The third kappa shape index (κ3) is 3.45. The van der Waals surface area contributed by atoms with Crippen molar-refractivity contribution in [1.82, 2.24) is 4.90 Å². The number of anilines is 2. The number of terminal acetylenes is 1. The van der Waals surface area contributed by atoms with Crippen molar-refractivity contribution in [2.75, 3.05) is 31.1 Å². The summed E-state index contributed by atoms with van der Waals surface area (Å²) in [5.41, 5.74) is 18.2. The minimum Gasteiger partial charge on any atom is -0.388 e. The summed E-state index contributed by atoms with van der Waals surface area (Å²) in [6, 6.07) is 12.0. The first-order chi connectivity index (χ1) is 14.5. The number of amidine groups is 1. The van der Waals surface area contributed by atoms with Crippen LogP contribution in [0.4, 0.5) is 17.1 Å². The lowest BCUT2D eigenvalue weighted by Gasteiger charge is -2.49. The van der Waals surface area contributed by atoms with Crippen molar-refractivity contribution >= 4 is 34.5 Å². The fraction of sp³-hybridized carbons (Fsp3) is 0.348. The molecule has 2 aromatic carbocycles. The quantitative estimate of drug-likeness (QED) is 0.281. The van der Waals surface area contributed by atoms with Crippen molar-refractivity contribution in [2.45, 2.75) is 24.7 Å². The van der Waals surface area contributed by atoms with E-state index in [0.29, 0.717) is 30.2 Å². The van der Waals surface area contributed by atoms with Crippen LogP contribution in [0.3, 0.4) is 0 Å². The number of fused-ring (bicyclic) bond motifs is 4. The molecule has 2 aliphatic heterocycles. The molecular formula is C23H25ClN6. The molecule has 0 aromatic heterocycles. The third-order valence-corrected chi connectivity index (χ3v) is 6.54. The van der Waals surface area contributed by atoms with Crippen LogP contribution in [-0.4, -0.2) is 36.9 Å². The van der Waals surface area contributed by atoms with Crippen molar-refractivity contribution < 1.29 is 0 Å². The molecule has 30 heavy (non-hydrogen) atoms. The van der Waals surface area contributed by atoms with Crippen molar-refractivity contribution in [3.05, 3.63) is 52.5 Å². The molecule has 1 spiro atoms. The molecule has 0 saturated carbocycles. The number of hydrogen-bond acceptors (Lipinski definition) is 5. The van der Waals surface area contributed by atoms with Gasteiger partial charge in [-0.3, -0.25) is 10.3 Å². The number of nitrogens with zero attached hydrogens (tertiary/aromatic N) is 3. The SMILES string of the molecule is C#CCN1CCC2(CC1)c1cc(Cl)ccc1N(CCC(=N)N)c1ccc(N=N)cc12. The van der Waals surface area contributed by atoms with Gasteiger partial charge in [0.25, 0.3) is 0 Å². The Kier molecular flexibility index (Phi) is 5.50. The summed E-state index contributed by atoms with van der Waals surface area (Å²) in [6.45, 7) is 3.04. The maximum Gasteiger partial charge on any atom is 0.0923 e. The van der Waals surface area contributed by atoms with Crippen LogP contribution < -0.4 is 10.6 Å². The van der Waals surface area contributed by atoms with Gasteiger partial charge in [-0.15, -0.1) is 6.42 Å². The Morgan fingerprint density at radius 1 is 1.17 bits per heavy atom. The molecule has 1 saturated heterocycles. The summed E-state index contributed by atoms with van der Waals surface area (Å²) in [5.74, 6) is 2.91. The minimum atomic E-state index is -0.214. The average molecular weight is 421 g/mol. The molecule has 1 fully saturated rings. The molecule has 0 amide bonds. The Morgan fingerprint density at radius 3 is 2.47 bits per heavy atom. The van der Waals surface area contributed by atoms with Crippen LogP contribution in [-0.2, 0) is 5.41 Å². The van der Waals surface area contributed by atoms with Crippen LogP contribution in [0.2, 0.25) is 5.02 Å². The molecule has 0 radical (unpaired) electrons. The molecule has 4 rings (SSSR count). The zero-order valence-corrected chi connectivity index (χ0v) is 17.5. The number of nitrogens with one attached hydrogen (secondary N) is 2. The van der Waals surface area contributed by atoms with Crippen LogP contribution in [0.25, 0.3) is 0 Å². The van der Waals surface area contributed by atoms with E-state index in [1.165, 1.54) is 5.56 Å². The first kappa shape index (κ1) is 20.4. The summed E-state index contributed by atoms with van der Waals surface area (Å²) in [6.07, 6.45) is 7.83. The number of benzene rings is 2.